The number of aliphatic hydroxyl groups excluding tert-OH is 1. The maximum Gasteiger partial charge on any atom is 0.326 e. The summed E-state index contributed by atoms with van der Waals surface area (Å²) in [5.74, 6) is -1.81. The number of amides is 1. The van der Waals surface area contributed by atoms with E-state index in [0.29, 0.717) is 0 Å². The number of rotatable bonds is 3. The summed E-state index contributed by atoms with van der Waals surface area (Å²) in [4.78, 5) is 27.2. The van der Waals surface area contributed by atoms with Crippen LogP contribution in [0.15, 0.2) is 4.99 Å². The van der Waals surface area contributed by atoms with Crippen molar-refractivity contribution >= 4 is 18.0 Å². The quantitative estimate of drug-likeness (QED) is 0.484. The molecule has 0 aromatic carbocycles. The Balaban J connectivity index is 2.62. The largest absolute Gasteiger partial charge is 0.595 e. The molecule has 1 rings (SSSR count). The first kappa shape index (κ1) is 16.2. The van der Waals surface area contributed by atoms with Crippen LogP contribution in [0.2, 0.25) is 0 Å². The molecule has 1 amide bonds. The molecule has 2 atom stereocenters. The Morgan fingerprint density at radius 3 is 2.55 bits per heavy atom. The van der Waals surface area contributed by atoms with Gasteiger partial charge in [0.1, 0.15) is 18.7 Å². The van der Waals surface area contributed by atoms with Gasteiger partial charge < -0.3 is 25.0 Å². The second-order valence-electron chi connectivity index (χ2n) is 5.59. The summed E-state index contributed by atoms with van der Waals surface area (Å²) in [5.41, 5.74) is -0.711. The molecule has 1 aliphatic heterocycles. The number of aliphatic imine (C=N–C) groups is 1. The van der Waals surface area contributed by atoms with Crippen LogP contribution in [-0.4, -0.2) is 63.9 Å². The highest BCUT2D eigenvalue weighted by Gasteiger charge is 2.38. The number of aliphatic carboxylic acids is 1. The molecule has 20 heavy (non-hydrogen) atoms. The number of ether oxygens (including phenoxy) is 1. The van der Waals surface area contributed by atoms with Gasteiger partial charge in [0, 0.05) is 18.6 Å². The van der Waals surface area contributed by atoms with Crippen molar-refractivity contribution in [3.63, 3.8) is 0 Å². The third-order valence-electron chi connectivity index (χ3n) is 2.62. The van der Waals surface area contributed by atoms with Crippen LogP contribution in [-0.2, 0) is 14.3 Å². The van der Waals surface area contributed by atoms with Crippen molar-refractivity contribution in [1.29, 1.82) is 0 Å². The van der Waals surface area contributed by atoms with Crippen LogP contribution in [0.1, 0.15) is 27.2 Å². The number of carbonyl (C=O) groups is 2. The fourth-order valence-corrected chi connectivity index (χ4v) is 1.84. The zero-order valence-corrected chi connectivity index (χ0v) is 11.7. The Morgan fingerprint density at radius 1 is 1.45 bits per heavy atom. The van der Waals surface area contributed by atoms with Gasteiger partial charge in [0.05, 0.1) is 6.10 Å². The van der Waals surface area contributed by atoms with Gasteiger partial charge in [0.25, 0.3) is 0 Å². The highest BCUT2D eigenvalue weighted by atomic mass is 16.6. The van der Waals surface area contributed by atoms with E-state index in [4.69, 9.17) is 9.84 Å². The lowest BCUT2D eigenvalue weighted by Crippen LogP contribution is -2.42. The van der Waals surface area contributed by atoms with Crippen molar-refractivity contribution in [1.82, 2.24) is 4.90 Å². The molecule has 2 N–H and O–H groups in total. The predicted molar refractivity (Wildman–Crippen MR) is 66.9 cm³/mol. The molecule has 1 saturated heterocycles. The fraction of sp³-hybridized carbons (Fsp3) is 0.750. The van der Waals surface area contributed by atoms with E-state index >= 15 is 0 Å². The number of β-amino-alcohol motifs (C(OH)–C–C–N with tert-alkyl or cyclic N) is 1. The molecular formula is C12H19N2O6-. The van der Waals surface area contributed by atoms with Crippen molar-refractivity contribution in [2.45, 2.75) is 44.9 Å². The Bertz CT molecular complexity index is 415. The van der Waals surface area contributed by atoms with Gasteiger partial charge in [-0.1, -0.05) is 20.8 Å². The lowest BCUT2D eigenvalue weighted by Gasteiger charge is -2.29. The van der Waals surface area contributed by atoms with Gasteiger partial charge in [0.2, 0.25) is 5.91 Å². The zero-order chi connectivity index (χ0) is 15.5. The minimum absolute atomic E-state index is 0.0203. The monoisotopic (exact) mass is 287 g/mol. The van der Waals surface area contributed by atoms with Gasteiger partial charge in [0.15, 0.2) is 0 Å². The SMILES string of the molecule is CC(C)(C)OC([O-])=NCC(=O)N1C[C@H](O)C[C@H]1C(=O)O. The van der Waals surface area contributed by atoms with E-state index in [0.717, 1.165) is 4.90 Å². The van der Waals surface area contributed by atoms with Crippen LogP contribution < -0.4 is 5.11 Å². The van der Waals surface area contributed by atoms with Crippen LogP contribution in [0.5, 0.6) is 0 Å². The summed E-state index contributed by atoms with van der Waals surface area (Å²) in [6, 6.07) is -1.08. The van der Waals surface area contributed by atoms with Crippen LogP contribution >= 0.6 is 0 Å². The zero-order valence-electron chi connectivity index (χ0n) is 11.7. The minimum atomic E-state index is -1.19. The van der Waals surface area contributed by atoms with Crippen LogP contribution in [0.3, 0.4) is 0 Å². The van der Waals surface area contributed by atoms with Crippen molar-refractivity contribution in [3.8, 4) is 0 Å². The highest BCUT2D eigenvalue weighted by Crippen LogP contribution is 2.18. The molecule has 8 heteroatoms. The molecule has 1 aliphatic rings. The van der Waals surface area contributed by atoms with E-state index in [-0.39, 0.29) is 13.0 Å². The Labute approximate surface area is 116 Å². The lowest BCUT2D eigenvalue weighted by atomic mass is 10.2. The second kappa shape index (κ2) is 6.08. The van der Waals surface area contributed by atoms with Gasteiger partial charge in [-0.05, 0) is 0 Å². The average Bonchev–Trinajstić information content (AvgIpc) is 2.66. The number of carboxylic acids is 1. The summed E-state index contributed by atoms with van der Waals surface area (Å²) in [7, 11) is 0. The summed E-state index contributed by atoms with van der Waals surface area (Å²) in [5, 5.41) is 29.7. The van der Waals surface area contributed by atoms with E-state index in [1.807, 2.05) is 0 Å². The fourth-order valence-electron chi connectivity index (χ4n) is 1.84. The van der Waals surface area contributed by atoms with Crippen LogP contribution in [0.4, 0.5) is 0 Å². The van der Waals surface area contributed by atoms with Gasteiger partial charge in [-0.25, -0.2) is 4.79 Å². The smallest absolute Gasteiger partial charge is 0.326 e. The van der Waals surface area contributed by atoms with Crippen molar-refractivity contribution in [2.75, 3.05) is 13.1 Å². The molecule has 1 heterocycles. The maximum absolute atomic E-state index is 11.8. The minimum Gasteiger partial charge on any atom is -0.595 e. The molecule has 8 nitrogen and oxygen atoms in total. The van der Waals surface area contributed by atoms with Gasteiger partial charge >= 0.3 is 5.97 Å². The maximum atomic E-state index is 11.8. The van der Waals surface area contributed by atoms with Gasteiger partial charge in [-0.3, -0.25) is 9.79 Å². The summed E-state index contributed by atoms with van der Waals surface area (Å²) < 4.78 is 4.90. The molecule has 0 bridgehead atoms. The molecule has 0 aromatic heterocycles. The van der Waals surface area contributed by atoms with Crippen LogP contribution in [0.25, 0.3) is 0 Å². The molecule has 114 valence electrons. The van der Waals surface area contributed by atoms with Crippen LogP contribution in [0, 0.1) is 0 Å². The van der Waals surface area contributed by atoms with E-state index in [1.54, 1.807) is 20.8 Å². The highest BCUT2D eigenvalue weighted by molar-refractivity contribution is 5.86. The third-order valence-corrected chi connectivity index (χ3v) is 2.62. The number of carboxylic acid groups (broad SMARTS) is 1. The van der Waals surface area contributed by atoms with E-state index in [2.05, 4.69) is 4.99 Å². The van der Waals surface area contributed by atoms with E-state index < -0.39 is 42.3 Å². The topological polar surface area (TPSA) is 122 Å². The van der Waals surface area contributed by atoms with E-state index in [9.17, 15) is 19.8 Å². The first-order chi connectivity index (χ1) is 9.10. The third kappa shape index (κ3) is 4.69. The average molecular weight is 287 g/mol. The van der Waals surface area contributed by atoms with Crippen molar-refractivity contribution in [2.24, 2.45) is 4.99 Å². The standard InChI is InChI=1S/C12H20N2O6/c1-12(2,3)20-11(19)13-5-9(16)14-6-7(15)4-8(14)10(17)18/h7-8,15H,4-6H2,1-3H3,(H,13,19)(H,17,18)/p-1/t7-,8+/m1/s1. The first-order valence-corrected chi connectivity index (χ1v) is 6.21. The molecule has 0 aromatic rings. The number of nitrogens with zero attached hydrogens (tertiary/aromatic N) is 2. The number of hydrogen-bond acceptors (Lipinski definition) is 6. The van der Waals surface area contributed by atoms with E-state index in [1.165, 1.54) is 0 Å². The Morgan fingerprint density at radius 2 is 2.05 bits per heavy atom. The first-order valence-electron chi connectivity index (χ1n) is 6.21. The van der Waals surface area contributed by atoms with Crippen molar-refractivity contribution < 1.29 is 29.6 Å². The molecule has 0 saturated carbocycles. The Kier molecular flexibility index (Phi) is 4.93. The lowest BCUT2D eigenvalue weighted by molar-refractivity contribution is -0.260. The molecule has 0 spiro atoms. The summed E-state index contributed by atoms with van der Waals surface area (Å²) in [6.45, 7) is 4.43. The number of likely N-dealkylation sites (tertiary alicyclic amines) is 1. The Hall–Kier alpha value is -1.83. The normalized spacial score (nSPS) is 23.8. The van der Waals surface area contributed by atoms with Gasteiger partial charge in [-0.2, -0.15) is 0 Å². The van der Waals surface area contributed by atoms with Gasteiger partial charge in [-0.15, -0.1) is 0 Å². The molecule has 0 unspecified atom stereocenters. The molecular weight excluding hydrogens is 268 g/mol. The molecule has 1 fully saturated rings. The number of hydrogen-bond donors (Lipinski definition) is 2. The second-order valence-corrected chi connectivity index (χ2v) is 5.59. The van der Waals surface area contributed by atoms with Crippen molar-refractivity contribution in [3.05, 3.63) is 0 Å². The number of aliphatic hydroxyl groups is 1. The summed E-state index contributed by atoms with van der Waals surface area (Å²) >= 11 is 0. The predicted octanol–water partition coefficient (Wildman–Crippen LogP) is -1.44. The molecule has 0 aliphatic carbocycles. The number of carbonyl (C=O) groups excluding carboxylic acids is 1. The summed E-state index contributed by atoms with van der Waals surface area (Å²) in [6.07, 6.45) is -1.77. The molecule has 0 radical (unpaired) electrons.